The molecule has 1 saturated heterocycles. The predicted molar refractivity (Wildman–Crippen MR) is 156 cm³/mol. The summed E-state index contributed by atoms with van der Waals surface area (Å²) >= 11 is 6.46. The zero-order valence-corrected chi connectivity index (χ0v) is 25.0. The van der Waals surface area contributed by atoms with Crippen LogP contribution in [0.3, 0.4) is 0 Å². The fourth-order valence-electron chi connectivity index (χ4n) is 6.05. The van der Waals surface area contributed by atoms with Crippen molar-refractivity contribution in [1.29, 1.82) is 0 Å². The van der Waals surface area contributed by atoms with Crippen molar-refractivity contribution >= 4 is 35.0 Å². The molecule has 0 atom stereocenters. The van der Waals surface area contributed by atoms with Crippen molar-refractivity contribution in [3.05, 3.63) is 52.7 Å². The summed E-state index contributed by atoms with van der Waals surface area (Å²) in [6.45, 7) is 1.76. The summed E-state index contributed by atoms with van der Waals surface area (Å²) < 4.78 is 43.8. The number of carbonyl (C=O) groups excluding carboxylic acids is 3. The summed E-state index contributed by atoms with van der Waals surface area (Å²) in [7, 11) is 1.46. The van der Waals surface area contributed by atoms with Crippen LogP contribution >= 0.6 is 11.6 Å². The van der Waals surface area contributed by atoms with Gasteiger partial charge in [0.2, 0.25) is 5.91 Å². The molecule has 3 fully saturated rings. The maximum Gasteiger partial charge on any atom is 0.435 e. The van der Waals surface area contributed by atoms with Gasteiger partial charge in [-0.15, -0.1) is 0 Å². The lowest BCUT2D eigenvalue weighted by Gasteiger charge is -2.37. The number of piperazine rings is 1. The van der Waals surface area contributed by atoms with Gasteiger partial charge in [-0.05, 0) is 43.9 Å². The molecule has 3 aliphatic rings. The van der Waals surface area contributed by atoms with E-state index in [0.717, 1.165) is 38.5 Å². The number of nitrogens with zero attached hydrogens (tertiary/aromatic N) is 6. The van der Waals surface area contributed by atoms with Gasteiger partial charge in [0.15, 0.2) is 11.5 Å². The van der Waals surface area contributed by atoms with Gasteiger partial charge in [-0.2, -0.15) is 18.3 Å². The molecule has 1 aliphatic heterocycles. The van der Waals surface area contributed by atoms with Crippen molar-refractivity contribution in [2.75, 3.05) is 31.5 Å². The van der Waals surface area contributed by atoms with Gasteiger partial charge in [0.1, 0.15) is 0 Å². The molecule has 2 saturated carbocycles. The van der Waals surface area contributed by atoms with Gasteiger partial charge in [0, 0.05) is 51.0 Å². The number of alkyl halides is 3. The number of halogens is 4. The highest BCUT2D eigenvalue weighted by Gasteiger charge is 2.40. The Balaban J connectivity index is 1.10. The topological polar surface area (TPSA) is 105 Å². The van der Waals surface area contributed by atoms with E-state index in [4.69, 9.17) is 11.6 Å². The van der Waals surface area contributed by atoms with Crippen molar-refractivity contribution < 1.29 is 27.6 Å². The van der Waals surface area contributed by atoms with Crippen molar-refractivity contribution in [3.8, 4) is 11.3 Å². The Morgan fingerprint density at radius 3 is 2.30 bits per heavy atom. The molecular formula is C30H33ClF3N7O3. The number of amides is 3. The van der Waals surface area contributed by atoms with Gasteiger partial charge >= 0.3 is 6.18 Å². The Bertz CT molecular complexity index is 1580. The molecule has 14 heteroatoms. The van der Waals surface area contributed by atoms with E-state index in [2.05, 4.69) is 15.4 Å². The number of imidazole rings is 1. The summed E-state index contributed by atoms with van der Waals surface area (Å²) in [5, 5.41) is 6.56. The molecule has 3 aromatic rings. The number of carbonyl (C=O) groups is 3. The Labute approximate surface area is 257 Å². The van der Waals surface area contributed by atoms with Crippen molar-refractivity contribution in [1.82, 2.24) is 29.1 Å². The molecule has 6 rings (SSSR count). The number of nitrogens with one attached hydrogen (secondary N) is 1. The van der Waals surface area contributed by atoms with Gasteiger partial charge in [0.25, 0.3) is 11.8 Å². The molecule has 3 amide bonds. The van der Waals surface area contributed by atoms with Crippen LogP contribution in [0.15, 0.2) is 30.6 Å². The van der Waals surface area contributed by atoms with Crippen LogP contribution < -0.4 is 5.32 Å². The number of anilines is 1. The van der Waals surface area contributed by atoms with Crippen LogP contribution in [0, 0.1) is 5.92 Å². The standard InChI is InChI=1S/C30H33ClF3N7O3/c1-38-24(22-17-41(20-8-9-20)37-25(22)30(32,33)34)16-35-26(38)27(42)36-19-7-10-21(23(31)15-19)29(44)40-13-11-39(12-14-40)28(43)18-5-3-2-4-6-18/h7,10,15-18,20H,2-6,8-9,11-14H2,1H3,(H,36,42). The zero-order valence-electron chi connectivity index (χ0n) is 24.2. The van der Waals surface area contributed by atoms with Crippen molar-refractivity contribution in [3.63, 3.8) is 0 Å². The van der Waals surface area contributed by atoms with Crippen LogP contribution in [-0.4, -0.2) is 73.0 Å². The van der Waals surface area contributed by atoms with Gasteiger partial charge < -0.3 is 19.7 Å². The van der Waals surface area contributed by atoms with Crippen LogP contribution in [0.2, 0.25) is 5.02 Å². The third-order valence-corrected chi connectivity index (χ3v) is 8.99. The van der Waals surface area contributed by atoms with Crippen LogP contribution in [0.4, 0.5) is 18.9 Å². The van der Waals surface area contributed by atoms with Crippen LogP contribution in [0.1, 0.15) is 77.7 Å². The zero-order chi connectivity index (χ0) is 31.2. The maximum atomic E-state index is 13.7. The van der Waals surface area contributed by atoms with Crippen LogP contribution in [-0.2, 0) is 18.0 Å². The van der Waals surface area contributed by atoms with E-state index in [9.17, 15) is 27.6 Å². The average Bonchev–Trinajstić information content (AvgIpc) is 3.64. The normalized spacial score (nSPS) is 18.0. The molecule has 2 aromatic heterocycles. The lowest BCUT2D eigenvalue weighted by Crippen LogP contribution is -2.52. The van der Waals surface area contributed by atoms with Gasteiger partial charge in [-0.3, -0.25) is 19.1 Å². The smallest absolute Gasteiger partial charge is 0.339 e. The quantitative estimate of drug-likeness (QED) is 0.392. The van der Waals surface area contributed by atoms with E-state index >= 15 is 0 Å². The number of benzene rings is 1. The van der Waals surface area contributed by atoms with E-state index in [1.54, 1.807) is 4.90 Å². The second-order valence-corrected chi connectivity index (χ2v) is 12.1. The number of rotatable bonds is 6. The Kier molecular flexibility index (Phi) is 8.16. The first-order valence-electron chi connectivity index (χ1n) is 14.9. The second-order valence-electron chi connectivity index (χ2n) is 11.7. The number of aromatic nitrogens is 4. The highest BCUT2D eigenvalue weighted by Crippen LogP contribution is 2.41. The second kappa shape index (κ2) is 11.9. The van der Waals surface area contributed by atoms with Crippen LogP contribution in [0.5, 0.6) is 0 Å². The number of hydrogen-bond acceptors (Lipinski definition) is 5. The van der Waals surface area contributed by atoms with E-state index in [1.165, 1.54) is 53.3 Å². The van der Waals surface area contributed by atoms with Crippen molar-refractivity contribution in [2.24, 2.45) is 13.0 Å². The largest absolute Gasteiger partial charge is 0.435 e. The fourth-order valence-corrected chi connectivity index (χ4v) is 6.31. The van der Waals surface area contributed by atoms with E-state index in [-0.39, 0.29) is 51.4 Å². The molecular weight excluding hydrogens is 599 g/mol. The summed E-state index contributed by atoms with van der Waals surface area (Å²) in [5.74, 6) is -0.758. The van der Waals surface area contributed by atoms with E-state index in [1.807, 2.05) is 4.90 Å². The summed E-state index contributed by atoms with van der Waals surface area (Å²) in [4.78, 5) is 46.8. The molecule has 0 unspecified atom stereocenters. The molecule has 10 nitrogen and oxygen atoms in total. The molecule has 3 heterocycles. The third kappa shape index (κ3) is 6.06. The molecule has 2 aliphatic carbocycles. The molecule has 234 valence electrons. The van der Waals surface area contributed by atoms with E-state index < -0.39 is 17.8 Å². The monoisotopic (exact) mass is 631 g/mol. The molecule has 1 aromatic carbocycles. The minimum absolute atomic E-state index is 0.0551. The SMILES string of the molecule is Cn1c(-c2cn(C3CC3)nc2C(F)(F)F)cnc1C(=O)Nc1ccc(C(=O)N2CCN(C(=O)C3CCCCC3)CC2)c(Cl)c1. The fraction of sp³-hybridized carbons (Fsp3) is 0.500. The molecule has 0 radical (unpaired) electrons. The Hall–Kier alpha value is -3.87. The van der Waals surface area contributed by atoms with Crippen LogP contribution in [0.25, 0.3) is 11.3 Å². The third-order valence-electron chi connectivity index (χ3n) is 8.68. The summed E-state index contributed by atoms with van der Waals surface area (Å²) in [6.07, 6.45) is 4.65. The first-order valence-corrected chi connectivity index (χ1v) is 15.3. The first kappa shape index (κ1) is 30.2. The molecule has 1 N–H and O–H groups in total. The van der Waals surface area contributed by atoms with E-state index in [0.29, 0.717) is 31.9 Å². The minimum atomic E-state index is -4.67. The first-order chi connectivity index (χ1) is 21.0. The van der Waals surface area contributed by atoms with Crippen molar-refractivity contribution in [2.45, 2.75) is 57.2 Å². The lowest BCUT2D eigenvalue weighted by molar-refractivity contribution is -0.141. The summed E-state index contributed by atoms with van der Waals surface area (Å²) in [6, 6.07) is 4.44. The molecule has 0 bridgehead atoms. The average molecular weight is 632 g/mol. The molecule has 0 spiro atoms. The predicted octanol–water partition coefficient (Wildman–Crippen LogP) is 5.41. The minimum Gasteiger partial charge on any atom is -0.339 e. The number of hydrogen-bond donors (Lipinski definition) is 1. The highest BCUT2D eigenvalue weighted by molar-refractivity contribution is 6.34. The van der Waals surface area contributed by atoms with Gasteiger partial charge in [-0.1, -0.05) is 30.9 Å². The Morgan fingerprint density at radius 1 is 0.977 bits per heavy atom. The maximum absolute atomic E-state index is 13.7. The lowest BCUT2D eigenvalue weighted by atomic mass is 9.88. The summed E-state index contributed by atoms with van der Waals surface area (Å²) in [5.41, 5.74) is -0.508. The highest BCUT2D eigenvalue weighted by atomic mass is 35.5. The van der Waals surface area contributed by atoms with Gasteiger partial charge in [0.05, 0.1) is 34.1 Å². The Morgan fingerprint density at radius 2 is 1.66 bits per heavy atom. The molecule has 44 heavy (non-hydrogen) atoms. The van der Waals surface area contributed by atoms with Gasteiger partial charge in [-0.25, -0.2) is 4.98 Å².